The number of hydrogen-bond donors (Lipinski definition) is 1. The number of amides is 4. The van der Waals surface area contributed by atoms with Crippen molar-refractivity contribution < 1.29 is 23.9 Å². The topological polar surface area (TPSA) is 99.3 Å². The Labute approximate surface area is 298 Å². The minimum Gasteiger partial charge on any atom is -0.378 e. The van der Waals surface area contributed by atoms with Gasteiger partial charge in [-0.2, -0.15) is 0 Å². The molecule has 8 rings (SSSR count). The second kappa shape index (κ2) is 13.8. The van der Waals surface area contributed by atoms with Crippen LogP contribution >= 0.6 is 0 Å². The quantitative estimate of drug-likeness (QED) is 0.238. The Morgan fingerprint density at radius 2 is 1.37 bits per heavy atom. The molecular formula is C42H42N4O5. The first-order valence-corrected chi connectivity index (χ1v) is 18.0. The lowest BCUT2D eigenvalue weighted by Crippen LogP contribution is -2.63. The summed E-state index contributed by atoms with van der Waals surface area (Å²) in [4.78, 5) is 61.6. The van der Waals surface area contributed by atoms with Crippen LogP contribution in [0.2, 0.25) is 0 Å². The molecule has 2 heterocycles. The molecule has 1 N–H and O–H groups in total. The molecule has 4 aromatic carbocycles. The maximum atomic E-state index is 15.0. The minimum atomic E-state index is -1.22. The van der Waals surface area contributed by atoms with E-state index in [4.69, 9.17) is 4.74 Å². The third-order valence-corrected chi connectivity index (χ3v) is 11.4. The molecule has 0 aromatic heterocycles. The average Bonchev–Trinajstić information content (AvgIpc) is 3.41. The van der Waals surface area contributed by atoms with Gasteiger partial charge in [0.05, 0.1) is 24.3 Å². The van der Waals surface area contributed by atoms with Gasteiger partial charge in [-0.05, 0) is 97.0 Å². The molecule has 0 bridgehead atoms. The number of carbonyl (C=O) groups excluding carboxylic acids is 4. The molecule has 4 amide bonds. The standard InChI is InChI=1S/C42H42N4O5/c47-38(28-45-39(48)36-12-6-7-13-37(36)40(45)49)46(27-29-8-2-1-3-9-29)42(19-18-32-24-30-10-4-5-11-31(30)25-33(32)26-42)41(50)43-34-14-16-35(17-15-34)44-20-22-51-23-21-44/h1-17,32-33H,18-28H2,(H,43,50)/t32-,33+,42-/m1/s1. The Hall–Kier alpha value is -5.28. The lowest BCUT2D eigenvalue weighted by molar-refractivity contribution is -0.151. The molecule has 3 atom stereocenters. The van der Waals surface area contributed by atoms with Gasteiger partial charge in [0.1, 0.15) is 12.1 Å². The van der Waals surface area contributed by atoms with Crippen LogP contribution in [0.5, 0.6) is 0 Å². The van der Waals surface area contributed by atoms with Gasteiger partial charge in [-0.3, -0.25) is 24.1 Å². The van der Waals surface area contributed by atoms with Gasteiger partial charge >= 0.3 is 0 Å². The largest absolute Gasteiger partial charge is 0.378 e. The molecule has 2 aliphatic carbocycles. The van der Waals surface area contributed by atoms with Crippen LogP contribution in [0, 0.1) is 11.8 Å². The van der Waals surface area contributed by atoms with Gasteiger partial charge in [0.15, 0.2) is 0 Å². The molecule has 2 aliphatic heterocycles. The van der Waals surface area contributed by atoms with E-state index in [1.807, 2.05) is 54.6 Å². The monoisotopic (exact) mass is 682 g/mol. The summed E-state index contributed by atoms with van der Waals surface area (Å²) in [5, 5.41) is 3.22. The van der Waals surface area contributed by atoms with E-state index < -0.39 is 29.8 Å². The van der Waals surface area contributed by atoms with Gasteiger partial charge in [-0.1, -0.05) is 66.7 Å². The molecule has 0 unspecified atom stereocenters. The first kappa shape index (κ1) is 32.9. The molecule has 9 heteroatoms. The normalized spacial score (nSPS) is 22.5. The van der Waals surface area contributed by atoms with Crippen LogP contribution in [0.25, 0.3) is 0 Å². The van der Waals surface area contributed by atoms with Crippen LogP contribution in [-0.4, -0.2) is 71.8 Å². The Bertz CT molecular complexity index is 1920. The Balaban J connectivity index is 1.14. The van der Waals surface area contributed by atoms with Crippen molar-refractivity contribution in [2.45, 2.75) is 44.2 Å². The molecule has 0 radical (unpaired) electrons. The van der Waals surface area contributed by atoms with E-state index in [2.05, 4.69) is 34.5 Å². The van der Waals surface area contributed by atoms with Crippen molar-refractivity contribution in [3.63, 3.8) is 0 Å². The summed E-state index contributed by atoms with van der Waals surface area (Å²) in [5.74, 6) is -1.09. The second-order valence-corrected chi connectivity index (χ2v) is 14.3. The molecule has 4 aromatic rings. The van der Waals surface area contributed by atoms with Crippen LogP contribution in [0.3, 0.4) is 0 Å². The van der Waals surface area contributed by atoms with E-state index in [-0.39, 0.29) is 18.4 Å². The zero-order chi connectivity index (χ0) is 35.0. The van der Waals surface area contributed by atoms with Crippen molar-refractivity contribution in [3.05, 3.63) is 131 Å². The number of hydrogen-bond acceptors (Lipinski definition) is 6. The van der Waals surface area contributed by atoms with Crippen LogP contribution in [-0.2, 0) is 33.7 Å². The van der Waals surface area contributed by atoms with Crippen molar-refractivity contribution >= 4 is 35.0 Å². The highest BCUT2D eigenvalue weighted by Gasteiger charge is 2.53. The summed E-state index contributed by atoms with van der Waals surface area (Å²) in [5.41, 5.74) is 4.60. The molecule has 260 valence electrons. The summed E-state index contributed by atoms with van der Waals surface area (Å²) >= 11 is 0. The summed E-state index contributed by atoms with van der Waals surface area (Å²) in [6.45, 7) is 2.70. The molecule has 1 saturated carbocycles. The van der Waals surface area contributed by atoms with Gasteiger partial charge in [-0.15, -0.1) is 0 Å². The maximum absolute atomic E-state index is 15.0. The fourth-order valence-corrected chi connectivity index (χ4v) is 8.64. The Kier molecular flexibility index (Phi) is 8.90. The van der Waals surface area contributed by atoms with Crippen molar-refractivity contribution in [1.82, 2.24) is 9.80 Å². The Morgan fingerprint density at radius 3 is 2.04 bits per heavy atom. The van der Waals surface area contributed by atoms with Crippen molar-refractivity contribution in [3.8, 4) is 0 Å². The molecule has 0 spiro atoms. The van der Waals surface area contributed by atoms with Crippen LogP contribution in [0.4, 0.5) is 11.4 Å². The molecule has 2 fully saturated rings. The zero-order valence-electron chi connectivity index (χ0n) is 28.6. The number of imide groups is 1. The van der Waals surface area contributed by atoms with Crippen molar-refractivity contribution in [1.29, 1.82) is 0 Å². The van der Waals surface area contributed by atoms with Gasteiger partial charge in [0.2, 0.25) is 11.8 Å². The van der Waals surface area contributed by atoms with Crippen LogP contribution in [0.1, 0.15) is 56.7 Å². The van der Waals surface area contributed by atoms with E-state index in [9.17, 15) is 19.2 Å². The van der Waals surface area contributed by atoms with Gasteiger partial charge in [0, 0.05) is 31.0 Å². The number of nitrogens with zero attached hydrogens (tertiary/aromatic N) is 3. The average molecular weight is 683 g/mol. The summed E-state index contributed by atoms with van der Waals surface area (Å²) in [6.07, 6.45) is 3.49. The lowest BCUT2D eigenvalue weighted by Gasteiger charge is -2.51. The highest BCUT2D eigenvalue weighted by atomic mass is 16.5. The summed E-state index contributed by atoms with van der Waals surface area (Å²) in [7, 11) is 0. The van der Waals surface area contributed by atoms with Crippen molar-refractivity contribution in [2.24, 2.45) is 11.8 Å². The predicted octanol–water partition coefficient (Wildman–Crippen LogP) is 5.74. The molecular weight excluding hydrogens is 640 g/mol. The number of nitrogens with one attached hydrogen (secondary N) is 1. The second-order valence-electron chi connectivity index (χ2n) is 14.3. The number of benzene rings is 4. The number of morpholine rings is 1. The number of rotatable bonds is 8. The third-order valence-electron chi connectivity index (χ3n) is 11.4. The lowest BCUT2D eigenvalue weighted by atomic mass is 9.62. The van der Waals surface area contributed by atoms with E-state index >= 15 is 0 Å². The smallest absolute Gasteiger partial charge is 0.262 e. The van der Waals surface area contributed by atoms with Crippen LogP contribution < -0.4 is 10.2 Å². The van der Waals surface area contributed by atoms with Crippen molar-refractivity contribution in [2.75, 3.05) is 43.1 Å². The predicted molar refractivity (Wildman–Crippen MR) is 194 cm³/mol. The third kappa shape index (κ3) is 6.31. The maximum Gasteiger partial charge on any atom is 0.262 e. The van der Waals surface area contributed by atoms with Crippen LogP contribution in [0.15, 0.2) is 103 Å². The first-order chi connectivity index (χ1) is 24.9. The van der Waals surface area contributed by atoms with Gasteiger partial charge in [-0.25, -0.2) is 0 Å². The molecule has 9 nitrogen and oxygen atoms in total. The molecule has 4 aliphatic rings. The van der Waals surface area contributed by atoms with E-state index in [0.29, 0.717) is 48.8 Å². The zero-order valence-corrected chi connectivity index (χ0v) is 28.6. The summed E-state index contributed by atoms with van der Waals surface area (Å²) in [6, 6.07) is 32.7. The Morgan fingerprint density at radius 1 is 0.765 bits per heavy atom. The molecule has 51 heavy (non-hydrogen) atoms. The fourth-order valence-electron chi connectivity index (χ4n) is 8.64. The highest BCUT2D eigenvalue weighted by molar-refractivity contribution is 6.22. The fraction of sp³-hybridized carbons (Fsp3) is 0.333. The van der Waals surface area contributed by atoms with E-state index in [0.717, 1.165) is 48.5 Å². The highest BCUT2D eigenvalue weighted by Crippen LogP contribution is 2.47. The van der Waals surface area contributed by atoms with Gasteiger partial charge < -0.3 is 19.9 Å². The van der Waals surface area contributed by atoms with Gasteiger partial charge in [0.25, 0.3) is 11.8 Å². The SMILES string of the molecule is O=C1c2ccccc2C(=O)N1CC(=O)N(Cc1ccccc1)[C@]1(C(=O)Nc2ccc(N3CCOCC3)cc2)CC[C@@H]2Cc3ccccc3C[C@H]2C1. The number of ether oxygens (including phenoxy) is 1. The number of fused-ring (bicyclic) bond motifs is 3. The first-order valence-electron chi connectivity index (χ1n) is 18.0. The number of anilines is 2. The molecule has 1 saturated heterocycles. The minimum absolute atomic E-state index is 0.167. The number of carbonyl (C=O) groups is 4. The van der Waals surface area contributed by atoms with E-state index in [1.54, 1.807) is 29.2 Å². The van der Waals surface area contributed by atoms with E-state index in [1.165, 1.54) is 11.1 Å². The summed E-state index contributed by atoms with van der Waals surface area (Å²) < 4.78 is 5.52.